The third kappa shape index (κ3) is 2.73. The molecule has 0 amide bonds. The highest BCUT2D eigenvalue weighted by atomic mass is 35.5. The monoisotopic (exact) mass is 242 g/mol. The topological polar surface area (TPSA) is 38.0 Å². The molecule has 0 aromatic heterocycles. The van der Waals surface area contributed by atoms with Crippen molar-refractivity contribution in [2.24, 2.45) is 5.73 Å². The van der Waals surface area contributed by atoms with Gasteiger partial charge in [0.25, 0.3) is 0 Å². The van der Waals surface area contributed by atoms with Gasteiger partial charge in [0.15, 0.2) is 0 Å². The van der Waals surface area contributed by atoms with Gasteiger partial charge in [-0.05, 0) is 43.5 Å². The molecule has 1 aromatic carbocycles. The average Bonchev–Trinajstić information content (AvgIpc) is 2.74. The number of benzene rings is 1. The van der Waals surface area contributed by atoms with Crippen LogP contribution >= 0.6 is 11.6 Å². The maximum Gasteiger partial charge on any atom is 0.141 e. The lowest BCUT2D eigenvalue weighted by Gasteiger charge is -2.17. The van der Waals surface area contributed by atoms with Crippen molar-refractivity contribution in [2.45, 2.75) is 31.3 Å². The Labute approximate surface area is 100.0 Å². The van der Waals surface area contributed by atoms with Crippen LogP contribution in [-0.4, -0.2) is 12.6 Å². The Morgan fingerprint density at radius 1 is 1.56 bits per heavy atom. The summed E-state index contributed by atoms with van der Waals surface area (Å²) in [6, 6.07) is 5.12. The Morgan fingerprint density at radius 3 is 3.00 bits per heavy atom. The van der Waals surface area contributed by atoms with E-state index in [1.54, 1.807) is 12.1 Å². The summed E-state index contributed by atoms with van der Waals surface area (Å²) in [5, 5.41) is 3.54. The molecule has 1 heterocycles. The summed E-state index contributed by atoms with van der Waals surface area (Å²) in [5.74, 6) is -0.392. The predicted octanol–water partition coefficient (Wildman–Crippen LogP) is 2.62. The Bertz CT molecular complexity index is 364. The van der Waals surface area contributed by atoms with Crippen molar-refractivity contribution in [1.82, 2.24) is 5.32 Å². The third-order valence-corrected chi connectivity index (χ3v) is 3.36. The Hall–Kier alpha value is -0.640. The normalized spacial score (nSPS) is 22.3. The molecule has 2 atom stereocenters. The molecule has 88 valence electrons. The van der Waals surface area contributed by atoms with E-state index in [-0.39, 0.29) is 11.1 Å². The number of hydrogen-bond acceptors (Lipinski definition) is 2. The fraction of sp³-hybridized carbons (Fsp3) is 0.500. The van der Waals surface area contributed by atoms with Gasteiger partial charge < -0.3 is 11.1 Å². The molecule has 2 nitrogen and oxygen atoms in total. The molecular weight excluding hydrogens is 227 g/mol. The van der Waals surface area contributed by atoms with Crippen LogP contribution in [0.4, 0.5) is 4.39 Å². The van der Waals surface area contributed by atoms with Crippen molar-refractivity contribution in [3.8, 4) is 0 Å². The van der Waals surface area contributed by atoms with Gasteiger partial charge in [0.2, 0.25) is 0 Å². The highest BCUT2D eigenvalue weighted by Crippen LogP contribution is 2.24. The summed E-state index contributed by atoms with van der Waals surface area (Å²) < 4.78 is 13.0. The van der Waals surface area contributed by atoms with E-state index < -0.39 is 5.82 Å². The van der Waals surface area contributed by atoms with E-state index in [2.05, 4.69) is 5.32 Å². The third-order valence-electron chi connectivity index (χ3n) is 3.07. The fourth-order valence-corrected chi connectivity index (χ4v) is 2.33. The van der Waals surface area contributed by atoms with Crippen LogP contribution in [0.1, 0.15) is 30.9 Å². The quantitative estimate of drug-likeness (QED) is 0.855. The second kappa shape index (κ2) is 5.13. The predicted molar refractivity (Wildman–Crippen MR) is 64.0 cm³/mol. The minimum Gasteiger partial charge on any atom is -0.324 e. The van der Waals surface area contributed by atoms with Gasteiger partial charge in [-0.25, -0.2) is 4.39 Å². The van der Waals surface area contributed by atoms with Crippen molar-refractivity contribution in [1.29, 1.82) is 0 Å². The number of nitrogens with two attached hydrogens (primary N) is 1. The van der Waals surface area contributed by atoms with Crippen molar-refractivity contribution in [3.05, 3.63) is 34.6 Å². The number of rotatable bonds is 3. The van der Waals surface area contributed by atoms with Crippen molar-refractivity contribution < 1.29 is 4.39 Å². The number of hydrogen-bond donors (Lipinski definition) is 2. The van der Waals surface area contributed by atoms with Gasteiger partial charge in [-0.3, -0.25) is 0 Å². The van der Waals surface area contributed by atoms with E-state index in [0.717, 1.165) is 18.5 Å². The zero-order chi connectivity index (χ0) is 11.5. The summed E-state index contributed by atoms with van der Waals surface area (Å²) in [6.07, 6.45) is 3.26. The zero-order valence-corrected chi connectivity index (χ0v) is 9.80. The molecule has 1 aliphatic heterocycles. The second-order valence-electron chi connectivity index (χ2n) is 4.31. The molecule has 1 saturated heterocycles. The lowest BCUT2D eigenvalue weighted by molar-refractivity contribution is 0.498. The van der Waals surface area contributed by atoms with Crippen molar-refractivity contribution in [2.75, 3.05) is 6.54 Å². The van der Waals surface area contributed by atoms with E-state index in [9.17, 15) is 4.39 Å². The van der Waals surface area contributed by atoms with E-state index in [1.807, 2.05) is 0 Å². The van der Waals surface area contributed by atoms with Gasteiger partial charge in [-0.15, -0.1) is 0 Å². The van der Waals surface area contributed by atoms with Gasteiger partial charge in [-0.1, -0.05) is 17.7 Å². The molecular formula is C12H16ClFN2. The van der Waals surface area contributed by atoms with Gasteiger partial charge >= 0.3 is 0 Å². The summed E-state index contributed by atoms with van der Waals surface area (Å²) >= 11 is 5.73. The molecule has 0 spiro atoms. The molecule has 0 aliphatic carbocycles. The molecule has 0 radical (unpaired) electrons. The first-order chi connectivity index (χ1) is 7.66. The van der Waals surface area contributed by atoms with Crippen LogP contribution in [0.2, 0.25) is 5.02 Å². The molecule has 4 heteroatoms. The highest BCUT2D eigenvalue weighted by molar-refractivity contribution is 6.30. The molecule has 0 bridgehead atoms. The summed E-state index contributed by atoms with van der Waals surface area (Å²) in [5.41, 5.74) is 6.98. The molecule has 1 unspecified atom stereocenters. The van der Waals surface area contributed by atoms with E-state index in [4.69, 9.17) is 17.3 Å². The highest BCUT2D eigenvalue weighted by Gasteiger charge is 2.18. The van der Waals surface area contributed by atoms with Crippen LogP contribution in [0.15, 0.2) is 18.2 Å². The smallest absolute Gasteiger partial charge is 0.141 e. The minimum absolute atomic E-state index is 0.0753. The first-order valence-corrected chi connectivity index (χ1v) is 5.98. The summed E-state index contributed by atoms with van der Waals surface area (Å²) in [6.45, 7) is 1.07. The van der Waals surface area contributed by atoms with E-state index >= 15 is 0 Å². The molecule has 1 aromatic rings. The summed E-state index contributed by atoms with van der Waals surface area (Å²) in [7, 11) is 0. The number of nitrogens with one attached hydrogen (secondary N) is 1. The van der Waals surface area contributed by atoms with Crippen LogP contribution in [-0.2, 0) is 0 Å². The van der Waals surface area contributed by atoms with E-state index in [0.29, 0.717) is 6.04 Å². The van der Waals surface area contributed by atoms with Crippen LogP contribution in [0, 0.1) is 5.82 Å². The van der Waals surface area contributed by atoms with Gasteiger partial charge in [0.1, 0.15) is 5.82 Å². The Morgan fingerprint density at radius 2 is 2.38 bits per heavy atom. The van der Waals surface area contributed by atoms with Crippen LogP contribution in [0.3, 0.4) is 0 Å². The van der Waals surface area contributed by atoms with Crippen LogP contribution in [0.5, 0.6) is 0 Å². The largest absolute Gasteiger partial charge is 0.324 e. The average molecular weight is 243 g/mol. The fourth-order valence-electron chi connectivity index (χ4n) is 2.14. The summed E-state index contributed by atoms with van der Waals surface area (Å²) in [4.78, 5) is 0. The van der Waals surface area contributed by atoms with Crippen molar-refractivity contribution in [3.63, 3.8) is 0 Å². The molecule has 2 rings (SSSR count). The Balaban J connectivity index is 2.02. The maximum absolute atomic E-state index is 13.0. The van der Waals surface area contributed by atoms with Crippen LogP contribution in [0.25, 0.3) is 0 Å². The standard InChI is InChI=1S/C12H16ClFN2/c13-10-6-8(3-4-11(10)14)12(15)7-9-2-1-5-16-9/h3-4,6,9,12,16H,1-2,5,7,15H2/t9-,12?/m1/s1. The second-order valence-corrected chi connectivity index (χ2v) is 4.72. The molecule has 16 heavy (non-hydrogen) atoms. The van der Waals surface area contributed by atoms with Gasteiger partial charge in [0, 0.05) is 12.1 Å². The lowest BCUT2D eigenvalue weighted by Crippen LogP contribution is -2.26. The van der Waals surface area contributed by atoms with Crippen molar-refractivity contribution >= 4 is 11.6 Å². The van der Waals surface area contributed by atoms with E-state index in [1.165, 1.54) is 18.9 Å². The minimum atomic E-state index is -0.392. The SMILES string of the molecule is NC(C[C@H]1CCCN1)c1ccc(F)c(Cl)c1. The number of halogens is 2. The Kier molecular flexibility index (Phi) is 3.79. The van der Waals surface area contributed by atoms with Gasteiger partial charge in [-0.2, -0.15) is 0 Å². The van der Waals surface area contributed by atoms with Gasteiger partial charge in [0.05, 0.1) is 5.02 Å². The molecule has 3 N–H and O–H groups in total. The van der Waals surface area contributed by atoms with Crippen LogP contribution < -0.4 is 11.1 Å². The molecule has 1 aliphatic rings. The molecule has 1 fully saturated rings. The maximum atomic E-state index is 13.0. The first kappa shape index (κ1) is 11.8. The molecule has 0 saturated carbocycles. The first-order valence-electron chi connectivity index (χ1n) is 5.60. The zero-order valence-electron chi connectivity index (χ0n) is 9.05. The lowest BCUT2D eigenvalue weighted by atomic mass is 9.99.